The topological polar surface area (TPSA) is 97.5 Å². The van der Waals surface area contributed by atoms with E-state index in [4.69, 9.17) is 4.55 Å². The minimum atomic E-state index is -4.36. The molecule has 1 rings (SSSR count). The van der Waals surface area contributed by atoms with Gasteiger partial charge in [0.1, 0.15) is 4.90 Å². The summed E-state index contributed by atoms with van der Waals surface area (Å²) in [6.45, 7) is 0. The Bertz CT molecular complexity index is 443. The number of nitro benzene ring substituents is 1. The zero-order chi connectivity index (χ0) is 10.1. The molecule has 0 spiro atoms. The summed E-state index contributed by atoms with van der Waals surface area (Å²) in [6, 6.07) is 4.17. The summed E-state index contributed by atoms with van der Waals surface area (Å²) in [4.78, 5) is 8.98. The Balaban J connectivity index is 0.00000169. The summed E-state index contributed by atoms with van der Waals surface area (Å²) in [6.07, 6.45) is 0. The number of hydrogen-bond donors (Lipinski definition) is 1. The molecule has 0 atom stereocenters. The van der Waals surface area contributed by atoms with Crippen molar-refractivity contribution in [2.75, 3.05) is 0 Å². The predicted octanol–water partition coefficient (Wildman–Crippen LogP) is 1.46. The van der Waals surface area contributed by atoms with E-state index in [9.17, 15) is 18.5 Å². The normalized spacial score (nSPS) is 10.4. The highest BCUT2D eigenvalue weighted by molar-refractivity contribution is 14.0. The van der Waals surface area contributed by atoms with Crippen LogP contribution in [0, 0.1) is 10.1 Å². The van der Waals surface area contributed by atoms with Gasteiger partial charge in [-0.3, -0.25) is 14.7 Å². The van der Waals surface area contributed by atoms with Crippen LogP contribution in [0.15, 0.2) is 29.2 Å². The number of non-ortho nitro benzene ring substituents is 1. The lowest BCUT2D eigenvalue weighted by molar-refractivity contribution is -0.385. The molecule has 0 unspecified atom stereocenters. The van der Waals surface area contributed by atoms with E-state index in [1.807, 2.05) is 0 Å². The predicted molar refractivity (Wildman–Crippen MR) is 58.3 cm³/mol. The number of nitrogens with zero attached hydrogens (tertiary/aromatic N) is 1. The van der Waals surface area contributed by atoms with Gasteiger partial charge in [0.25, 0.3) is 15.8 Å². The molecular weight excluding hydrogens is 325 g/mol. The number of rotatable bonds is 2. The van der Waals surface area contributed by atoms with Crippen LogP contribution in [0.1, 0.15) is 0 Å². The maximum Gasteiger partial charge on any atom is 0.294 e. The first kappa shape index (κ1) is 13.3. The Hall–Kier alpha value is -0.740. The van der Waals surface area contributed by atoms with Gasteiger partial charge in [-0.25, -0.2) is 0 Å². The molecule has 0 aliphatic heterocycles. The van der Waals surface area contributed by atoms with Gasteiger partial charge in [-0.15, -0.1) is 24.0 Å². The minimum absolute atomic E-state index is 0. The van der Waals surface area contributed by atoms with Gasteiger partial charge in [0, 0.05) is 12.1 Å². The highest BCUT2D eigenvalue weighted by atomic mass is 127. The van der Waals surface area contributed by atoms with Crippen LogP contribution in [0.3, 0.4) is 0 Å². The van der Waals surface area contributed by atoms with Crippen molar-refractivity contribution < 1.29 is 17.9 Å². The van der Waals surface area contributed by atoms with Crippen LogP contribution in [0.25, 0.3) is 0 Å². The monoisotopic (exact) mass is 331 g/mol. The highest BCUT2D eigenvalue weighted by Gasteiger charge is 2.13. The molecule has 14 heavy (non-hydrogen) atoms. The summed E-state index contributed by atoms with van der Waals surface area (Å²) in [5.41, 5.74) is -0.380. The van der Waals surface area contributed by atoms with Gasteiger partial charge in [-0.05, 0) is 6.07 Å². The first-order valence-electron chi connectivity index (χ1n) is 3.13. The van der Waals surface area contributed by atoms with Crippen molar-refractivity contribution >= 4 is 39.8 Å². The van der Waals surface area contributed by atoms with Crippen molar-refractivity contribution in [2.45, 2.75) is 4.90 Å². The molecule has 0 bridgehead atoms. The van der Waals surface area contributed by atoms with Crippen LogP contribution in [0.4, 0.5) is 5.69 Å². The summed E-state index contributed by atoms with van der Waals surface area (Å²) in [5.74, 6) is 0. The molecule has 0 heterocycles. The molecule has 1 N–H and O–H groups in total. The molecule has 1 aromatic rings. The number of halogens is 1. The first-order chi connectivity index (χ1) is 5.91. The minimum Gasteiger partial charge on any atom is -0.282 e. The smallest absolute Gasteiger partial charge is 0.282 e. The lowest BCUT2D eigenvalue weighted by atomic mass is 10.3. The fourth-order valence-corrected chi connectivity index (χ4v) is 1.28. The molecule has 6 nitrogen and oxygen atoms in total. The largest absolute Gasteiger partial charge is 0.294 e. The second-order valence-corrected chi connectivity index (χ2v) is 3.65. The standard InChI is InChI=1S/C6H5NO5S.HI/c8-7(9)5-2-1-3-6(4-5)13(10,11)12;/h1-4H,(H,10,11,12);1H. The van der Waals surface area contributed by atoms with Crippen molar-refractivity contribution in [3.05, 3.63) is 34.4 Å². The Labute approximate surface area is 96.9 Å². The molecule has 0 radical (unpaired) electrons. The van der Waals surface area contributed by atoms with Crippen LogP contribution >= 0.6 is 24.0 Å². The van der Waals surface area contributed by atoms with E-state index in [1.54, 1.807) is 0 Å². The quantitative estimate of drug-likeness (QED) is 0.383. The van der Waals surface area contributed by atoms with Crippen LogP contribution in [-0.4, -0.2) is 17.9 Å². The van der Waals surface area contributed by atoms with Crippen molar-refractivity contribution in [3.63, 3.8) is 0 Å². The molecule has 78 valence electrons. The van der Waals surface area contributed by atoms with E-state index in [2.05, 4.69) is 0 Å². The molecule has 0 aromatic heterocycles. The summed E-state index contributed by atoms with van der Waals surface area (Å²) in [7, 11) is -4.36. The molecule has 0 amide bonds. The Kier molecular flexibility index (Phi) is 4.42. The summed E-state index contributed by atoms with van der Waals surface area (Å²) < 4.78 is 29.6. The SMILES string of the molecule is I.O=[N+]([O-])c1cccc(S(=O)(=O)O)c1. The van der Waals surface area contributed by atoms with Crippen molar-refractivity contribution in [1.29, 1.82) is 0 Å². The highest BCUT2D eigenvalue weighted by Crippen LogP contribution is 2.16. The van der Waals surface area contributed by atoms with Crippen LogP contribution in [0.5, 0.6) is 0 Å². The van der Waals surface area contributed by atoms with Gasteiger partial charge in [-0.2, -0.15) is 8.42 Å². The van der Waals surface area contributed by atoms with Gasteiger partial charge < -0.3 is 0 Å². The summed E-state index contributed by atoms with van der Waals surface area (Å²) >= 11 is 0. The van der Waals surface area contributed by atoms with Crippen molar-refractivity contribution in [3.8, 4) is 0 Å². The van der Waals surface area contributed by atoms with E-state index in [0.29, 0.717) is 0 Å². The van der Waals surface area contributed by atoms with E-state index in [1.165, 1.54) is 6.07 Å². The van der Waals surface area contributed by atoms with Gasteiger partial charge in [-0.1, -0.05) is 6.07 Å². The molecule has 0 saturated carbocycles. The average molecular weight is 331 g/mol. The molecule has 1 aromatic carbocycles. The third kappa shape index (κ3) is 3.20. The van der Waals surface area contributed by atoms with Crippen LogP contribution in [-0.2, 0) is 10.1 Å². The van der Waals surface area contributed by atoms with Gasteiger partial charge in [0.15, 0.2) is 0 Å². The Morgan fingerprint density at radius 2 is 1.93 bits per heavy atom. The van der Waals surface area contributed by atoms with E-state index in [-0.39, 0.29) is 29.7 Å². The molecule has 0 saturated heterocycles. The first-order valence-corrected chi connectivity index (χ1v) is 4.57. The van der Waals surface area contributed by atoms with Crippen LogP contribution < -0.4 is 0 Å². The van der Waals surface area contributed by atoms with Crippen molar-refractivity contribution in [1.82, 2.24) is 0 Å². The summed E-state index contributed by atoms with van der Waals surface area (Å²) in [5, 5.41) is 10.2. The molecular formula is C6H6INO5S. The second-order valence-electron chi connectivity index (χ2n) is 2.23. The Morgan fingerprint density at radius 3 is 2.36 bits per heavy atom. The molecule has 8 heteroatoms. The zero-order valence-electron chi connectivity index (χ0n) is 6.65. The third-order valence-corrected chi connectivity index (χ3v) is 2.18. The Morgan fingerprint density at radius 1 is 1.36 bits per heavy atom. The molecule has 0 aliphatic rings. The number of nitro groups is 1. The lowest BCUT2D eigenvalue weighted by Gasteiger charge is -1.95. The zero-order valence-corrected chi connectivity index (χ0v) is 9.80. The molecule has 0 fully saturated rings. The third-order valence-electron chi connectivity index (χ3n) is 1.33. The maximum absolute atomic E-state index is 10.5. The van der Waals surface area contributed by atoms with Gasteiger partial charge in [0.2, 0.25) is 0 Å². The second kappa shape index (κ2) is 4.66. The van der Waals surface area contributed by atoms with Gasteiger partial charge >= 0.3 is 0 Å². The van der Waals surface area contributed by atoms with E-state index in [0.717, 1.165) is 18.2 Å². The van der Waals surface area contributed by atoms with Crippen LogP contribution in [0.2, 0.25) is 0 Å². The van der Waals surface area contributed by atoms with E-state index < -0.39 is 19.9 Å². The number of hydrogen-bond acceptors (Lipinski definition) is 4. The number of benzene rings is 1. The fraction of sp³-hybridized carbons (Fsp3) is 0. The van der Waals surface area contributed by atoms with E-state index >= 15 is 0 Å². The maximum atomic E-state index is 10.5. The van der Waals surface area contributed by atoms with Gasteiger partial charge in [0.05, 0.1) is 4.92 Å². The lowest BCUT2D eigenvalue weighted by Crippen LogP contribution is -1.98. The average Bonchev–Trinajstić information content (AvgIpc) is 2.03. The van der Waals surface area contributed by atoms with Crippen molar-refractivity contribution in [2.24, 2.45) is 0 Å². The fourth-order valence-electron chi connectivity index (χ4n) is 0.758. The molecule has 0 aliphatic carbocycles.